The van der Waals surface area contributed by atoms with E-state index < -0.39 is 0 Å². The van der Waals surface area contributed by atoms with Gasteiger partial charge in [-0.3, -0.25) is 9.78 Å². The fourth-order valence-corrected chi connectivity index (χ4v) is 4.38. The van der Waals surface area contributed by atoms with E-state index in [2.05, 4.69) is 62.8 Å². The van der Waals surface area contributed by atoms with Gasteiger partial charge in [0.2, 0.25) is 5.91 Å². The summed E-state index contributed by atoms with van der Waals surface area (Å²) in [5, 5.41) is 7.44. The van der Waals surface area contributed by atoms with Crippen molar-refractivity contribution in [1.29, 1.82) is 0 Å². The molecule has 0 saturated carbocycles. The minimum atomic E-state index is 0.110. The molecular formula is C28H30N6O2. The van der Waals surface area contributed by atoms with Crippen molar-refractivity contribution in [2.45, 2.75) is 19.6 Å². The lowest BCUT2D eigenvalue weighted by Gasteiger charge is -2.28. The highest BCUT2D eigenvalue weighted by Gasteiger charge is 2.19. The minimum Gasteiger partial charge on any atom is -0.497 e. The summed E-state index contributed by atoms with van der Waals surface area (Å²) in [5.41, 5.74) is 5.30. The number of amides is 1. The number of carbonyl (C=O) groups is 1. The fourth-order valence-electron chi connectivity index (χ4n) is 4.38. The molecule has 2 aromatic carbocycles. The zero-order chi connectivity index (χ0) is 24.7. The second-order valence-corrected chi connectivity index (χ2v) is 8.82. The molecule has 1 aliphatic rings. The van der Waals surface area contributed by atoms with Crippen LogP contribution in [0.5, 0.6) is 5.75 Å². The van der Waals surface area contributed by atoms with Crippen molar-refractivity contribution in [2.24, 2.45) is 0 Å². The zero-order valence-corrected chi connectivity index (χ0v) is 20.4. The Bertz CT molecular complexity index is 1290. The third-order valence-corrected chi connectivity index (χ3v) is 6.29. The summed E-state index contributed by atoms with van der Waals surface area (Å²) < 4.78 is 7.29. The standard InChI is InChI=1S/C28H30N6O2/c1-36-27-5-2-4-23(16-27)20-33(19-22-6-8-25(9-7-22)34-14-3-11-31-34)26-10-12-30-24(17-26)21-32-15-13-29-18-28(32)35/h2-12,14,16-17,29H,13,15,18-21H2,1H3. The highest BCUT2D eigenvalue weighted by atomic mass is 16.5. The van der Waals surface area contributed by atoms with Gasteiger partial charge in [-0.2, -0.15) is 5.10 Å². The number of piperazine rings is 1. The number of hydrogen-bond donors (Lipinski definition) is 1. The molecule has 0 aliphatic carbocycles. The average molecular weight is 483 g/mol. The van der Waals surface area contributed by atoms with E-state index in [1.54, 1.807) is 13.3 Å². The number of rotatable bonds is 9. The quantitative estimate of drug-likeness (QED) is 0.394. The Balaban J connectivity index is 1.40. The summed E-state index contributed by atoms with van der Waals surface area (Å²) in [6, 6.07) is 22.6. The zero-order valence-electron chi connectivity index (χ0n) is 20.4. The molecule has 1 N–H and O–H groups in total. The number of benzene rings is 2. The predicted octanol–water partition coefficient (Wildman–Crippen LogP) is 3.41. The number of aromatic nitrogens is 3. The third-order valence-electron chi connectivity index (χ3n) is 6.29. The molecule has 8 heteroatoms. The van der Waals surface area contributed by atoms with Crippen LogP contribution in [0.1, 0.15) is 16.8 Å². The van der Waals surface area contributed by atoms with E-state index in [1.807, 2.05) is 46.2 Å². The summed E-state index contributed by atoms with van der Waals surface area (Å²) in [6.07, 6.45) is 5.54. The molecule has 1 amide bonds. The van der Waals surface area contributed by atoms with Crippen LogP contribution in [0, 0.1) is 0 Å². The van der Waals surface area contributed by atoms with E-state index in [0.29, 0.717) is 32.7 Å². The van der Waals surface area contributed by atoms with E-state index in [1.165, 1.54) is 5.56 Å². The molecule has 5 rings (SSSR count). The van der Waals surface area contributed by atoms with Crippen molar-refractivity contribution in [3.05, 3.63) is 102 Å². The van der Waals surface area contributed by atoms with Crippen molar-refractivity contribution < 1.29 is 9.53 Å². The van der Waals surface area contributed by atoms with E-state index in [4.69, 9.17) is 4.74 Å². The van der Waals surface area contributed by atoms with Crippen LogP contribution in [0.4, 0.5) is 5.69 Å². The number of methoxy groups -OCH3 is 1. The van der Waals surface area contributed by atoms with Crippen LogP contribution in [0.25, 0.3) is 5.69 Å². The van der Waals surface area contributed by atoms with Crippen molar-refractivity contribution in [2.75, 3.05) is 31.6 Å². The number of nitrogens with one attached hydrogen (secondary N) is 1. The Hall–Kier alpha value is -4.17. The van der Waals surface area contributed by atoms with Gasteiger partial charge in [0.15, 0.2) is 0 Å². The van der Waals surface area contributed by atoms with Gasteiger partial charge in [-0.25, -0.2) is 4.68 Å². The smallest absolute Gasteiger partial charge is 0.236 e. The Kier molecular flexibility index (Phi) is 7.23. The number of pyridine rings is 1. The molecule has 0 unspecified atom stereocenters. The highest BCUT2D eigenvalue weighted by molar-refractivity contribution is 5.79. The van der Waals surface area contributed by atoms with E-state index in [9.17, 15) is 4.79 Å². The second-order valence-electron chi connectivity index (χ2n) is 8.82. The van der Waals surface area contributed by atoms with Gasteiger partial charge in [0.25, 0.3) is 0 Å². The first-order valence-corrected chi connectivity index (χ1v) is 12.1. The summed E-state index contributed by atoms with van der Waals surface area (Å²) in [4.78, 5) is 21.0. The lowest BCUT2D eigenvalue weighted by atomic mass is 10.1. The van der Waals surface area contributed by atoms with Crippen LogP contribution >= 0.6 is 0 Å². The lowest BCUT2D eigenvalue weighted by Crippen LogP contribution is -2.47. The minimum absolute atomic E-state index is 0.110. The van der Waals surface area contributed by atoms with Crippen molar-refractivity contribution >= 4 is 11.6 Å². The Labute approximate surface area is 211 Å². The SMILES string of the molecule is COc1cccc(CN(Cc2ccc(-n3cccn3)cc2)c2ccnc(CN3CCNCC3=O)c2)c1. The Morgan fingerprint density at radius 2 is 1.86 bits per heavy atom. The maximum atomic E-state index is 12.3. The number of anilines is 1. The first-order chi connectivity index (χ1) is 17.7. The summed E-state index contributed by atoms with van der Waals surface area (Å²) in [5.74, 6) is 0.947. The van der Waals surface area contributed by atoms with Gasteiger partial charge in [-0.1, -0.05) is 24.3 Å². The maximum Gasteiger partial charge on any atom is 0.236 e. The summed E-state index contributed by atoms with van der Waals surface area (Å²) in [6.45, 7) is 3.82. The topological polar surface area (TPSA) is 75.5 Å². The van der Waals surface area contributed by atoms with Gasteiger partial charge >= 0.3 is 0 Å². The van der Waals surface area contributed by atoms with Crippen LogP contribution in [-0.2, 0) is 24.4 Å². The number of nitrogens with zero attached hydrogens (tertiary/aromatic N) is 5. The average Bonchev–Trinajstić information content (AvgIpc) is 3.46. The molecule has 1 fully saturated rings. The lowest BCUT2D eigenvalue weighted by molar-refractivity contribution is -0.132. The van der Waals surface area contributed by atoms with Crippen LogP contribution in [0.2, 0.25) is 0 Å². The van der Waals surface area contributed by atoms with Crippen LogP contribution in [-0.4, -0.2) is 52.3 Å². The third kappa shape index (κ3) is 5.72. The molecule has 1 aliphatic heterocycles. The van der Waals surface area contributed by atoms with Gasteiger partial charge in [-0.15, -0.1) is 0 Å². The Morgan fingerprint density at radius 3 is 2.64 bits per heavy atom. The van der Waals surface area contributed by atoms with Gasteiger partial charge in [0, 0.05) is 50.5 Å². The van der Waals surface area contributed by atoms with Crippen LogP contribution in [0.15, 0.2) is 85.3 Å². The molecule has 36 heavy (non-hydrogen) atoms. The highest BCUT2D eigenvalue weighted by Crippen LogP contribution is 2.23. The van der Waals surface area contributed by atoms with E-state index >= 15 is 0 Å². The number of ether oxygens (including phenoxy) is 1. The predicted molar refractivity (Wildman–Crippen MR) is 139 cm³/mol. The summed E-state index contributed by atoms with van der Waals surface area (Å²) in [7, 11) is 1.69. The molecule has 184 valence electrons. The molecule has 0 spiro atoms. The Morgan fingerprint density at radius 1 is 1.00 bits per heavy atom. The summed E-state index contributed by atoms with van der Waals surface area (Å²) >= 11 is 0. The normalized spacial score (nSPS) is 13.6. The number of carbonyl (C=O) groups excluding carboxylic acids is 1. The molecule has 2 aromatic heterocycles. The number of hydrogen-bond acceptors (Lipinski definition) is 6. The molecule has 4 aromatic rings. The van der Waals surface area contributed by atoms with Crippen LogP contribution in [0.3, 0.4) is 0 Å². The van der Waals surface area contributed by atoms with Gasteiger partial charge in [-0.05, 0) is 53.6 Å². The first-order valence-electron chi connectivity index (χ1n) is 12.1. The largest absolute Gasteiger partial charge is 0.497 e. The van der Waals surface area contributed by atoms with Gasteiger partial charge in [0.05, 0.1) is 31.6 Å². The van der Waals surface area contributed by atoms with E-state index in [0.717, 1.165) is 34.9 Å². The molecule has 0 radical (unpaired) electrons. The van der Waals surface area contributed by atoms with Crippen LogP contribution < -0.4 is 15.0 Å². The molecule has 8 nitrogen and oxygen atoms in total. The molecular weight excluding hydrogens is 452 g/mol. The second kappa shape index (κ2) is 11.0. The van der Waals surface area contributed by atoms with Gasteiger partial charge in [0.1, 0.15) is 5.75 Å². The molecule has 0 atom stereocenters. The molecule has 3 heterocycles. The molecule has 0 bridgehead atoms. The van der Waals surface area contributed by atoms with Gasteiger partial charge < -0.3 is 19.9 Å². The molecule has 1 saturated heterocycles. The van der Waals surface area contributed by atoms with Crippen molar-refractivity contribution in [3.8, 4) is 11.4 Å². The van der Waals surface area contributed by atoms with Crippen molar-refractivity contribution in [1.82, 2.24) is 25.0 Å². The first kappa shape index (κ1) is 23.6. The fraction of sp³-hybridized carbons (Fsp3) is 0.250. The monoisotopic (exact) mass is 482 g/mol. The van der Waals surface area contributed by atoms with Crippen molar-refractivity contribution in [3.63, 3.8) is 0 Å². The maximum absolute atomic E-state index is 12.3. The van der Waals surface area contributed by atoms with E-state index in [-0.39, 0.29) is 5.91 Å².